The van der Waals surface area contributed by atoms with Crippen LogP contribution >= 0.6 is 15.9 Å². The van der Waals surface area contributed by atoms with Crippen molar-refractivity contribution in [3.8, 4) is 0 Å². The van der Waals surface area contributed by atoms with E-state index in [0.29, 0.717) is 11.9 Å². The first kappa shape index (κ1) is 12.3. The van der Waals surface area contributed by atoms with E-state index in [2.05, 4.69) is 21.0 Å². The predicted molar refractivity (Wildman–Crippen MR) is 72.3 cm³/mol. The zero-order valence-electron chi connectivity index (χ0n) is 9.85. The van der Waals surface area contributed by atoms with Crippen LogP contribution in [-0.2, 0) is 6.54 Å². The molecule has 1 aromatic heterocycles. The maximum Gasteiger partial charge on any atom is 0.274 e. The van der Waals surface area contributed by atoms with Gasteiger partial charge in [0.05, 0.1) is 18.1 Å². The van der Waals surface area contributed by atoms with Gasteiger partial charge in [0.15, 0.2) is 0 Å². The lowest BCUT2D eigenvalue weighted by molar-refractivity contribution is 0.368. The van der Waals surface area contributed by atoms with Gasteiger partial charge in [-0.2, -0.15) is 5.10 Å². The molecule has 2 aromatic rings. The summed E-state index contributed by atoms with van der Waals surface area (Å²) < 4.78 is 2.47. The molecule has 2 rings (SSSR count). The van der Waals surface area contributed by atoms with Crippen LogP contribution in [0, 0.1) is 0 Å². The molecule has 0 saturated heterocycles. The molecule has 0 amide bonds. The molecule has 5 heteroatoms. The van der Waals surface area contributed by atoms with E-state index in [0.717, 1.165) is 16.4 Å². The van der Waals surface area contributed by atoms with Crippen molar-refractivity contribution in [1.29, 1.82) is 0 Å². The van der Waals surface area contributed by atoms with Crippen LogP contribution in [0.15, 0.2) is 33.7 Å². The Hall–Kier alpha value is -1.20. The molecule has 0 spiro atoms. The molecule has 0 N–H and O–H groups in total. The van der Waals surface area contributed by atoms with E-state index in [1.165, 1.54) is 4.68 Å². The highest BCUT2D eigenvalue weighted by molar-refractivity contribution is 9.10. The number of fused-ring (bicyclic) bond motifs is 1. The summed E-state index contributed by atoms with van der Waals surface area (Å²) in [6.45, 7) is 1.41. The first-order valence-corrected chi connectivity index (χ1v) is 6.17. The highest BCUT2D eigenvalue weighted by Crippen LogP contribution is 2.15. The van der Waals surface area contributed by atoms with Gasteiger partial charge in [0, 0.05) is 16.4 Å². The summed E-state index contributed by atoms with van der Waals surface area (Å²) in [7, 11) is 3.95. The Morgan fingerprint density at radius 2 is 2.18 bits per heavy atom. The van der Waals surface area contributed by atoms with Crippen molar-refractivity contribution in [1.82, 2.24) is 14.7 Å². The predicted octanol–water partition coefficient (Wildman–Crippen LogP) is 1.72. The quantitative estimate of drug-likeness (QED) is 0.865. The Balaban J connectivity index is 2.44. The molecular formula is C12H14BrN3O. The number of aromatic nitrogens is 2. The smallest absolute Gasteiger partial charge is 0.274 e. The lowest BCUT2D eigenvalue weighted by Crippen LogP contribution is -2.28. The van der Waals surface area contributed by atoms with Crippen LogP contribution in [0.4, 0.5) is 0 Å². The fourth-order valence-corrected chi connectivity index (χ4v) is 1.99. The van der Waals surface area contributed by atoms with Crippen LogP contribution in [0.25, 0.3) is 10.8 Å². The van der Waals surface area contributed by atoms with Gasteiger partial charge < -0.3 is 4.90 Å². The van der Waals surface area contributed by atoms with Crippen LogP contribution in [0.2, 0.25) is 0 Å². The Labute approximate surface area is 108 Å². The topological polar surface area (TPSA) is 38.1 Å². The summed E-state index contributed by atoms with van der Waals surface area (Å²) in [5.74, 6) is 0. The van der Waals surface area contributed by atoms with E-state index in [1.54, 1.807) is 6.20 Å². The fraction of sp³-hybridized carbons (Fsp3) is 0.333. The molecule has 0 atom stereocenters. The summed E-state index contributed by atoms with van der Waals surface area (Å²) in [5, 5.41) is 5.75. The van der Waals surface area contributed by atoms with E-state index >= 15 is 0 Å². The van der Waals surface area contributed by atoms with Crippen molar-refractivity contribution < 1.29 is 0 Å². The second kappa shape index (κ2) is 4.98. The molecule has 0 radical (unpaired) electrons. The van der Waals surface area contributed by atoms with Crippen molar-refractivity contribution in [3.63, 3.8) is 0 Å². The molecule has 0 bridgehead atoms. The van der Waals surface area contributed by atoms with Crippen molar-refractivity contribution in [2.75, 3.05) is 20.6 Å². The van der Waals surface area contributed by atoms with Crippen molar-refractivity contribution in [2.45, 2.75) is 6.54 Å². The van der Waals surface area contributed by atoms with Gasteiger partial charge in [-0.05, 0) is 32.3 Å². The first-order chi connectivity index (χ1) is 8.08. The molecule has 90 valence electrons. The summed E-state index contributed by atoms with van der Waals surface area (Å²) in [4.78, 5) is 14.1. The normalized spacial score (nSPS) is 11.3. The van der Waals surface area contributed by atoms with Gasteiger partial charge in [-0.3, -0.25) is 4.79 Å². The van der Waals surface area contributed by atoms with E-state index < -0.39 is 0 Å². The highest BCUT2D eigenvalue weighted by atomic mass is 79.9. The zero-order chi connectivity index (χ0) is 12.4. The lowest BCUT2D eigenvalue weighted by atomic mass is 10.2. The lowest BCUT2D eigenvalue weighted by Gasteiger charge is -2.10. The largest absolute Gasteiger partial charge is 0.308 e. The molecule has 1 heterocycles. The molecule has 1 aromatic carbocycles. The molecule has 17 heavy (non-hydrogen) atoms. The van der Waals surface area contributed by atoms with Gasteiger partial charge in [0.2, 0.25) is 0 Å². The molecule has 0 aliphatic carbocycles. The second-order valence-corrected chi connectivity index (χ2v) is 5.12. The molecule has 0 fully saturated rings. The summed E-state index contributed by atoms with van der Waals surface area (Å²) in [5.41, 5.74) is -0.0307. The van der Waals surface area contributed by atoms with Crippen molar-refractivity contribution in [2.24, 2.45) is 0 Å². The van der Waals surface area contributed by atoms with Gasteiger partial charge in [-0.1, -0.05) is 15.9 Å². The molecule has 0 saturated carbocycles. The van der Waals surface area contributed by atoms with E-state index in [1.807, 2.05) is 37.2 Å². The average Bonchev–Trinajstić information content (AvgIpc) is 2.27. The molecule has 0 aliphatic rings. The van der Waals surface area contributed by atoms with Crippen LogP contribution in [0.5, 0.6) is 0 Å². The Morgan fingerprint density at radius 3 is 2.88 bits per heavy atom. The third-order valence-corrected chi connectivity index (χ3v) is 3.07. The number of hydrogen-bond acceptors (Lipinski definition) is 3. The first-order valence-electron chi connectivity index (χ1n) is 5.38. The minimum Gasteiger partial charge on any atom is -0.308 e. The van der Waals surface area contributed by atoms with Crippen LogP contribution in [-0.4, -0.2) is 35.3 Å². The van der Waals surface area contributed by atoms with Crippen molar-refractivity contribution in [3.05, 3.63) is 39.2 Å². The summed E-state index contributed by atoms with van der Waals surface area (Å²) >= 11 is 3.38. The molecule has 4 nitrogen and oxygen atoms in total. The van der Waals surface area contributed by atoms with E-state index in [9.17, 15) is 4.79 Å². The number of hydrogen-bond donors (Lipinski definition) is 0. The minimum absolute atomic E-state index is 0.0307. The second-order valence-electron chi connectivity index (χ2n) is 4.21. The monoisotopic (exact) mass is 295 g/mol. The fourth-order valence-electron chi connectivity index (χ4n) is 1.61. The number of nitrogens with zero attached hydrogens (tertiary/aromatic N) is 3. The summed E-state index contributed by atoms with van der Waals surface area (Å²) in [6.07, 6.45) is 1.73. The van der Waals surface area contributed by atoms with Crippen molar-refractivity contribution >= 4 is 26.7 Å². The standard InChI is InChI=1S/C12H14BrN3O/c1-15(2)5-6-16-12(17)11-4-3-10(13)7-9(11)8-14-16/h3-4,7-8H,5-6H2,1-2H3. The maximum absolute atomic E-state index is 12.1. The summed E-state index contributed by atoms with van der Waals surface area (Å²) in [6, 6.07) is 5.61. The number of likely N-dealkylation sites (N-methyl/N-ethyl adjacent to an activating group) is 1. The van der Waals surface area contributed by atoms with Gasteiger partial charge in [0.1, 0.15) is 0 Å². The average molecular weight is 296 g/mol. The zero-order valence-corrected chi connectivity index (χ0v) is 11.4. The van der Waals surface area contributed by atoms with Crippen LogP contribution < -0.4 is 5.56 Å². The third kappa shape index (κ3) is 2.73. The number of rotatable bonds is 3. The molecule has 0 aliphatic heterocycles. The Bertz CT molecular complexity index is 592. The third-order valence-electron chi connectivity index (χ3n) is 2.57. The van der Waals surface area contributed by atoms with Gasteiger partial charge in [0.25, 0.3) is 5.56 Å². The maximum atomic E-state index is 12.1. The SMILES string of the molecule is CN(C)CCn1ncc2cc(Br)ccc2c1=O. The van der Waals surface area contributed by atoms with Crippen LogP contribution in [0.3, 0.4) is 0 Å². The molecular weight excluding hydrogens is 282 g/mol. The molecule has 0 unspecified atom stereocenters. The highest BCUT2D eigenvalue weighted by Gasteiger charge is 2.04. The minimum atomic E-state index is -0.0307. The van der Waals surface area contributed by atoms with E-state index in [4.69, 9.17) is 0 Å². The van der Waals surface area contributed by atoms with Gasteiger partial charge >= 0.3 is 0 Å². The Kier molecular flexibility index (Phi) is 3.59. The number of halogens is 1. The van der Waals surface area contributed by atoms with Gasteiger partial charge in [-0.25, -0.2) is 4.68 Å². The van der Waals surface area contributed by atoms with Crippen LogP contribution in [0.1, 0.15) is 0 Å². The van der Waals surface area contributed by atoms with E-state index in [-0.39, 0.29) is 5.56 Å². The Morgan fingerprint density at radius 1 is 1.41 bits per heavy atom. The van der Waals surface area contributed by atoms with Gasteiger partial charge in [-0.15, -0.1) is 0 Å². The number of benzene rings is 1.